The maximum absolute atomic E-state index is 10.2. The number of aliphatic carboxylic acids is 1. The first-order valence-corrected chi connectivity index (χ1v) is 4.87. The first-order valence-electron chi connectivity index (χ1n) is 4.87. The van der Waals surface area contributed by atoms with Crippen molar-refractivity contribution < 1.29 is 29.3 Å². The number of aliphatic hydroxyl groups excluding tert-OH is 1. The zero-order chi connectivity index (χ0) is 15.8. The molecule has 0 aliphatic carbocycles. The first-order chi connectivity index (χ1) is 8.76. The van der Waals surface area contributed by atoms with Crippen LogP contribution < -0.4 is 5.32 Å². The van der Waals surface area contributed by atoms with Crippen molar-refractivity contribution in [1.29, 1.82) is 0 Å². The van der Waals surface area contributed by atoms with Crippen molar-refractivity contribution in [1.82, 2.24) is 5.32 Å². The van der Waals surface area contributed by atoms with Gasteiger partial charge in [0.15, 0.2) is 0 Å². The Balaban J connectivity index is -0.000000206. The molecule has 1 amide bonds. The molecule has 0 aromatic rings. The van der Waals surface area contributed by atoms with E-state index < -0.39 is 5.97 Å². The first kappa shape index (κ1) is 21.8. The molecule has 7 heteroatoms. The third-order valence-electron chi connectivity index (χ3n) is 1.15. The van der Waals surface area contributed by atoms with Crippen LogP contribution in [0.2, 0.25) is 0 Å². The molecule has 0 aromatic carbocycles. The molecule has 3 N–H and O–H groups in total. The molecule has 0 aromatic heterocycles. The van der Waals surface area contributed by atoms with Gasteiger partial charge in [-0.15, -0.1) is 0 Å². The van der Waals surface area contributed by atoms with E-state index in [1.165, 1.54) is 7.11 Å². The monoisotopic (exact) mass is 273 g/mol. The van der Waals surface area contributed by atoms with Crippen molar-refractivity contribution in [2.45, 2.75) is 6.92 Å². The van der Waals surface area contributed by atoms with Crippen molar-refractivity contribution in [2.24, 2.45) is 0 Å². The fraction of sp³-hybridized carbons (Fsp3) is 0.250. The molecular formula is C12H19NO6. The molecule has 0 heterocycles. The van der Waals surface area contributed by atoms with Gasteiger partial charge >= 0.3 is 11.9 Å². The molecule has 0 aliphatic heterocycles. The normalized spacial score (nSPS) is 7.32. The second kappa shape index (κ2) is 15.6. The lowest BCUT2D eigenvalue weighted by Gasteiger charge is -1.91. The van der Waals surface area contributed by atoms with Gasteiger partial charge in [0, 0.05) is 11.6 Å². The lowest BCUT2D eigenvalue weighted by Crippen LogP contribution is -2.20. The minimum atomic E-state index is -0.981. The highest BCUT2D eigenvalue weighted by Gasteiger charge is 1.95. The lowest BCUT2D eigenvalue weighted by molar-refractivity contribution is -0.136. The van der Waals surface area contributed by atoms with Crippen LogP contribution in [-0.2, 0) is 19.1 Å². The summed E-state index contributed by atoms with van der Waals surface area (Å²) in [6, 6.07) is 0. The molecule has 19 heavy (non-hydrogen) atoms. The molecule has 0 fully saturated rings. The van der Waals surface area contributed by atoms with Gasteiger partial charge in [0.1, 0.15) is 6.73 Å². The van der Waals surface area contributed by atoms with Crippen molar-refractivity contribution in [3.63, 3.8) is 0 Å². The van der Waals surface area contributed by atoms with Gasteiger partial charge in [-0.05, 0) is 13.0 Å². The molecule has 7 nitrogen and oxygen atoms in total. The highest BCUT2D eigenvalue weighted by Crippen LogP contribution is 1.87. The van der Waals surface area contributed by atoms with Crippen LogP contribution in [-0.4, -0.2) is 41.9 Å². The Morgan fingerprint density at radius 3 is 1.74 bits per heavy atom. The Bertz CT molecular complexity index is 333. The van der Waals surface area contributed by atoms with Crippen LogP contribution in [0.1, 0.15) is 6.92 Å². The Morgan fingerprint density at radius 2 is 1.68 bits per heavy atom. The van der Waals surface area contributed by atoms with Gasteiger partial charge in [-0.2, -0.15) is 0 Å². The summed E-state index contributed by atoms with van der Waals surface area (Å²) in [5, 5.41) is 17.7. The van der Waals surface area contributed by atoms with Crippen LogP contribution in [0.3, 0.4) is 0 Å². The van der Waals surface area contributed by atoms with Gasteiger partial charge in [0.25, 0.3) is 0 Å². The number of methoxy groups -OCH3 is 1. The van der Waals surface area contributed by atoms with E-state index in [-0.39, 0.29) is 18.6 Å². The third kappa shape index (κ3) is 25.7. The predicted molar refractivity (Wildman–Crippen MR) is 70.1 cm³/mol. The highest BCUT2D eigenvalue weighted by atomic mass is 16.5. The Labute approximate surface area is 111 Å². The summed E-state index contributed by atoms with van der Waals surface area (Å²) in [6.45, 7) is 10.7. The van der Waals surface area contributed by atoms with Crippen molar-refractivity contribution in [3.05, 3.63) is 37.5 Å². The van der Waals surface area contributed by atoms with Gasteiger partial charge in [-0.1, -0.05) is 19.7 Å². The fourth-order valence-electron chi connectivity index (χ4n) is 0.324. The second-order valence-corrected chi connectivity index (χ2v) is 2.72. The molecular weight excluding hydrogens is 254 g/mol. The second-order valence-electron chi connectivity index (χ2n) is 2.72. The lowest BCUT2D eigenvalue weighted by atomic mass is 10.4. The summed E-state index contributed by atoms with van der Waals surface area (Å²) >= 11 is 0. The molecule has 0 bridgehead atoms. The topological polar surface area (TPSA) is 113 Å². The molecule has 0 saturated heterocycles. The third-order valence-corrected chi connectivity index (χ3v) is 1.15. The highest BCUT2D eigenvalue weighted by molar-refractivity contribution is 5.87. The van der Waals surface area contributed by atoms with E-state index in [0.29, 0.717) is 5.57 Å². The maximum atomic E-state index is 10.2. The Kier molecular flexibility index (Phi) is 17.9. The largest absolute Gasteiger partial charge is 0.478 e. The number of nitrogens with one attached hydrogen (secondary N) is 1. The molecule has 108 valence electrons. The van der Waals surface area contributed by atoms with Crippen LogP contribution >= 0.6 is 0 Å². The van der Waals surface area contributed by atoms with Crippen molar-refractivity contribution in [2.75, 3.05) is 13.8 Å². The summed E-state index contributed by atoms with van der Waals surface area (Å²) in [6.07, 6.45) is 1.93. The zero-order valence-corrected chi connectivity index (χ0v) is 11.0. The van der Waals surface area contributed by atoms with Crippen LogP contribution in [0.5, 0.6) is 0 Å². The number of carbonyl (C=O) groups excluding carboxylic acids is 2. The summed E-state index contributed by atoms with van der Waals surface area (Å²) in [5.74, 6) is -1.69. The summed E-state index contributed by atoms with van der Waals surface area (Å²) in [5.41, 5.74) is 0.433. The molecule has 0 saturated carbocycles. The van der Waals surface area contributed by atoms with E-state index in [1.54, 1.807) is 6.92 Å². The number of carboxylic acid groups (broad SMARTS) is 1. The average molecular weight is 273 g/mol. The van der Waals surface area contributed by atoms with E-state index in [0.717, 1.165) is 12.2 Å². The minimum Gasteiger partial charge on any atom is -0.478 e. The van der Waals surface area contributed by atoms with Crippen LogP contribution in [0.4, 0.5) is 0 Å². The number of hydrogen-bond donors (Lipinski definition) is 3. The molecule has 0 unspecified atom stereocenters. The van der Waals surface area contributed by atoms with Gasteiger partial charge < -0.3 is 20.3 Å². The van der Waals surface area contributed by atoms with Crippen LogP contribution in [0, 0.1) is 0 Å². The molecule has 0 spiro atoms. The Morgan fingerprint density at radius 1 is 1.26 bits per heavy atom. The van der Waals surface area contributed by atoms with E-state index in [4.69, 9.17) is 10.2 Å². The van der Waals surface area contributed by atoms with Crippen LogP contribution in [0.15, 0.2) is 37.5 Å². The smallest absolute Gasteiger partial charge is 0.332 e. The summed E-state index contributed by atoms with van der Waals surface area (Å²) in [4.78, 5) is 29.5. The number of amides is 1. The van der Waals surface area contributed by atoms with E-state index >= 15 is 0 Å². The maximum Gasteiger partial charge on any atom is 0.332 e. The number of carbonyl (C=O) groups is 3. The quantitative estimate of drug-likeness (QED) is 0.384. The van der Waals surface area contributed by atoms with Gasteiger partial charge in [0.2, 0.25) is 5.91 Å². The van der Waals surface area contributed by atoms with E-state index in [9.17, 15) is 14.4 Å². The van der Waals surface area contributed by atoms with Gasteiger partial charge in [-0.25, -0.2) is 9.59 Å². The van der Waals surface area contributed by atoms with Crippen molar-refractivity contribution in [3.8, 4) is 0 Å². The van der Waals surface area contributed by atoms with Gasteiger partial charge in [0.05, 0.1) is 7.11 Å². The number of esters is 1. The van der Waals surface area contributed by atoms with Crippen LogP contribution in [0.25, 0.3) is 0 Å². The number of ether oxygens (including phenoxy) is 1. The standard InChI is InChI=1S/C5H8O2.C4H7NO2.C3H4O2/c1-4(2)5(6)7-3;1-2-4(7)5-3-6;1-2-3(4)5/h1H2,2-3H3;2,6H,1,3H2,(H,5,7);2H,1H2,(H,4,5). The van der Waals surface area contributed by atoms with E-state index in [2.05, 4.69) is 29.8 Å². The van der Waals surface area contributed by atoms with Crippen molar-refractivity contribution >= 4 is 17.8 Å². The number of aliphatic hydroxyl groups is 1. The molecule has 0 rings (SSSR count). The number of carboxylic acids is 1. The zero-order valence-electron chi connectivity index (χ0n) is 11.0. The summed E-state index contributed by atoms with van der Waals surface area (Å²) < 4.78 is 4.27. The SMILES string of the molecule is C=C(C)C(=O)OC.C=CC(=O)NCO.C=CC(=O)O. The molecule has 0 atom stereocenters. The van der Waals surface area contributed by atoms with Gasteiger partial charge in [-0.3, -0.25) is 4.79 Å². The number of hydrogen-bond acceptors (Lipinski definition) is 5. The minimum absolute atomic E-state index is 0.329. The number of rotatable bonds is 4. The Hall–Kier alpha value is -2.41. The predicted octanol–water partition coefficient (Wildman–Crippen LogP) is 0.231. The fourth-order valence-corrected chi connectivity index (χ4v) is 0.324. The molecule has 0 aliphatic rings. The van der Waals surface area contributed by atoms with E-state index in [1.807, 2.05) is 0 Å². The summed E-state index contributed by atoms with van der Waals surface area (Å²) in [7, 11) is 1.33. The molecule has 0 radical (unpaired) electrons. The average Bonchev–Trinajstić information content (AvgIpc) is 2.39.